The van der Waals surface area contributed by atoms with Gasteiger partial charge in [-0.05, 0) is 36.8 Å². The van der Waals surface area contributed by atoms with Gasteiger partial charge in [-0.3, -0.25) is 9.78 Å². The number of alkyl halides is 3. The molecule has 1 heterocycles. The summed E-state index contributed by atoms with van der Waals surface area (Å²) in [5, 5.41) is 0. The molecule has 6 heteroatoms. The fraction of sp³-hybridized carbons (Fsp3) is 0.200. The molecule has 0 aliphatic carbocycles. The summed E-state index contributed by atoms with van der Waals surface area (Å²) in [5.41, 5.74) is -0.271. The Morgan fingerprint density at radius 3 is 2.48 bits per heavy atom. The molecule has 0 saturated carbocycles. The zero-order valence-corrected chi connectivity index (χ0v) is 11.0. The third-order valence-electron chi connectivity index (χ3n) is 2.91. The van der Waals surface area contributed by atoms with E-state index in [9.17, 15) is 22.4 Å². The summed E-state index contributed by atoms with van der Waals surface area (Å²) < 4.78 is 51.0. The molecule has 2 aromatic rings. The van der Waals surface area contributed by atoms with Gasteiger partial charge in [0.1, 0.15) is 5.82 Å². The molecule has 0 spiro atoms. The summed E-state index contributed by atoms with van der Waals surface area (Å²) in [5.74, 6) is -1.94. The maximum absolute atomic E-state index is 13.2. The van der Waals surface area contributed by atoms with Crippen molar-refractivity contribution in [2.45, 2.75) is 19.5 Å². The van der Waals surface area contributed by atoms with Crippen LogP contribution in [0.5, 0.6) is 0 Å². The first kappa shape index (κ1) is 15.2. The van der Waals surface area contributed by atoms with Crippen molar-refractivity contribution in [1.29, 1.82) is 0 Å². The van der Waals surface area contributed by atoms with Gasteiger partial charge in [-0.1, -0.05) is 6.07 Å². The molecule has 1 aromatic carbocycles. The fourth-order valence-corrected chi connectivity index (χ4v) is 1.79. The Balaban J connectivity index is 2.25. The predicted octanol–water partition coefficient (Wildman–Crippen LogP) is 3.97. The molecule has 0 atom stereocenters. The van der Waals surface area contributed by atoms with E-state index in [1.807, 2.05) is 6.92 Å². The Morgan fingerprint density at radius 1 is 1.19 bits per heavy atom. The molecule has 0 fully saturated rings. The van der Waals surface area contributed by atoms with Crippen LogP contribution in [0.15, 0.2) is 36.5 Å². The topological polar surface area (TPSA) is 30.0 Å². The van der Waals surface area contributed by atoms with E-state index >= 15 is 0 Å². The number of pyridine rings is 1. The van der Waals surface area contributed by atoms with Gasteiger partial charge in [-0.2, -0.15) is 13.2 Å². The van der Waals surface area contributed by atoms with Gasteiger partial charge in [-0.15, -0.1) is 0 Å². The first-order valence-corrected chi connectivity index (χ1v) is 6.09. The lowest BCUT2D eigenvalue weighted by molar-refractivity contribution is -0.140. The number of hydrogen-bond donors (Lipinski definition) is 0. The van der Waals surface area contributed by atoms with E-state index in [1.54, 1.807) is 18.3 Å². The van der Waals surface area contributed by atoms with E-state index in [2.05, 4.69) is 4.98 Å². The van der Waals surface area contributed by atoms with Crippen molar-refractivity contribution in [3.8, 4) is 0 Å². The van der Waals surface area contributed by atoms with Gasteiger partial charge in [-0.25, -0.2) is 4.39 Å². The van der Waals surface area contributed by atoms with Crippen molar-refractivity contribution >= 4 is 5.78 Å². The quantitative estimate of drug-likeness (QED) is 0.633. The first-order chi connectivity index (χ1) is 9.77. The largest absolute Gasteiger partial charge is 0.419 e. The van der Waals surface area contributed by atoms with Crippen molar-refractivity contribution in [3.05, 3.63) is 64.7 Å². The second kappa shape index (κ2) is 5.63. The number of rotatable bonds is 3. The van der Waals surface area contributed by atoms with Gasteiger partial charge in [0, 0.05) is 17.5 Å². The highest BCUT2D eigenvalue weighted by Crippen LogP contribution is 2.32. The van der Waals surface area contributed by atoms with E-state index < -0.39 is 23.3 Å². The van der Waals surface area contributed by atoms with Gasteiger partial charge in [0.25, 0.3) is 0 Å². The molecule has 0 radical (unpaired) electrons. The third kappa shape index (κ3) is 3.65. The Hall–Kier alpha value is -2.24. The highest BCUT2D eigenvalue weighted by atomic mass is 19.4. The van der Waals surface area contributed by atoms with Gasteiger partial charge < -0.3 is 0 Å². The van der Waals surface area contributed by atoms with Gasteiger partial charge in [0.2, 0.25) is 0 Å². The van der Waals surface area contributed by atoms with Crippen molar-refractivity contribution in [3.63, 3.8) is 0 Å². The zero-order valence-electron chi connectivity index (χ0n) is 11.0. The molecule has 0 saturated heterocycles. The fourth-order valence-electron chi connectivity index (χ4n) is 1.79. The Labute approximate surface area is 118 Å². The highest BCUT2D eigenvalue weighted by molar-refractivity contribution is 5.97. The summed E-state index contributed by atoms with van der Waals surface area (Å²) in [4.78, 5) is 16.0. The Bertz CT molecular complexity index is 662. The minimum Gasteiger partial charge on any atom is -0.294 e. The van der Waals surface area contributed by atoms with E-state index in [0.29, 0.717) is 17.8 Å². The van der Waals surface area contributed by atoms with Crippen LogP contribution >= 0.6 is 0 Å². The number of carbonyl (C=O) groups is 1. The molecule has 21 heavy (non-hydrogen) atoms. The lowest BCUT2D eigenvalue weighted by Gasteiger charge is -2.09. The normalized spacial score (nSPS) is 11.5. The maximum Gasteiger partial charge on any atom is 0.419 e. The zero-order chi connectivity index (χ0) is 15.6. The van der Waals surface area contributed by atoms with Crippen LogP contribution in [0.1, 0.15) is 27.2 Å². The average molecular weight is 297 g/mol. The van der Waals surface area contributed by atoms with Gasteiger partial charge in [0.05, 0.1) is 12.0 Å². The molecule has 0 N–H and O–H groups in total. The van der Waals surface area contributed by atoms with Crippen LogP contribution in [0.2, 0.25) is 0 Å². The molecular formula is C15H11F4NO. The number of carbonyl (C=O) groups excluding carboxylic acids is 1. The van der Waals surface area contributed by atoms with E-state index in [4.69, 9.17) is 0 Å². The molecular weight excluding hydrogens is 286 g/mol. The highest BCUT2D eigenvalue weighted by Gasteiger charge is 2.34. The molecule has 0 unspecified atom stereocenters. The summed E-state index contributed by atoms with van der Waals surface area (Å²) in [6, 6.07) is 5.61. The average Bonchev–Trinajstić information content (AvgIpc) is 2.40. The number of aromatic nitrogens is 1. The van der Waals surface area contributed by atoms with Crippen molar-refractivity contribution in [2.75, 3.05) is 0 Å². The monoisotopic (exact) mass is 297 g/mol. The van der Waals surface area contributed by atoms with E-state index in [1.165, 1.54) is 0 Å². The third-order valence-corrected chi connectivity index (χ3v) is 2.91. The first-order valence-electron chi connectivity index (χ1n) is 6.09. The Morgan fingerprint density at radius 2 is 1.90 bits per heavy atom. The number of aryl methyl sites for hydroxylation is 1. The molecule has 0 bridgehead atoms. The summed E-state index contributed by atoms with van der Waals surface area (Å²) in [7, 11) is 0. The SMILES string of the molecule is Cc1ccc(CC(=O)c2ccc(F)c(C(F)(F)F)c2)nc1. The van der Waals surface area contributed by atoms with Crippen LogP contribution in [0.25, 0.3) is 0 Å². The lowest BCUT2D eigenvalue weighted by Crippen LogP contribution is -2.12. The molecule has 0 aliphatic heterocycles. The van der Waals surface area contributed by atoms with Crippen LogP contribution in [-0.4, -0.2) is 10.8 Å². The van der Waals surface area contributed by atoms with Crippen LogP contribution in [0, 0.1) is 12.7 Å². The molecule has 0 amide bonds. The second-order valence-corrected chi connectivity index (χ2v) is 4.62. The van der Waals surface area contributed by atoms with E-state index in [-0.39, 0.29) is 12.0 Å². The number of benzene rings is 1. The molecule has 110 valence electrons. The van der Waals surface area contributed by atoms with Crippen LogP contribution in [-0.2, 0) is 12.6 Å². The number of hydrogen-bond acceptors (Lipinski definition) is 2. The molecule has 2 nitrogen and oxygen atoms in total. The number of halogens is 4. The minimum absolute atomic E-state index is 0.136. The summed E-state index contributed by atoms with van der Waals surface area (Å²) in [6.07, 6.45) is -3.40. The maximum atomic E-state index is 13.2. The number of Topliss-reactive ketones (excluding diaryl/α,β-unsaturated/α-hetero) is 1. The van der Waals surface area contributed by atoms with Crippen molar-refractivity contribution < 1.29 is 22.4 Å². The summed E-state index contributed by atoms with van der Waals surface area (Å²) >= 11 is 0. The number of ketones is 1. The van der Waals surface area contributed by atoms with Crippen molar-refractivity contribution in [1.82, 2.24) is 4.98 Å². The number of nitrogens with zero attached hydrogens (tertiary/aromatic N) is 1. The Kier molecular flexibility index (Phi) is 4.06. The van der Waals surface area contributed by atoms with Gasteiger partial charge in [0.15, 0.2) is 5.78 Å². The minimum atomic E-state index is -4.83. The van der Waals surface area contributed by atoms with E-state index in [0.717, 1.165) is 11.6 Å². The van der Waals surface area contributed by atoms with Gasteiger partial charge >= 0.3 is 6.18 Å². The smallest absolute Gasteiger partial charge is 0.294 e. The standard InChI is InChI=1S/C15H11F4NO/c1-9-2-4-11(20-8-9)7-14(21)10-3-5-13(16)12(6-10)15(17,18)19/h2-6,8H,7H2,1H3. The predicted molar refractivity (Wildman–Crippen MR) is 68.4 cm³/mol. The van der Waals surface area contributed by atoms with Crippen LogP contribution in [0.4, 0.5) is 17.6 Å². The van der Waals surface area contributed by atoms with Crippen LogP contribution in [0.3, 0.4) is 0 Å². The molecule has 1 aromatic heterocycles. The molecule has 2 rings (SSSR count). The van der Waals surface area contributed by atoms with Crippen LogP contribution < -0.4 is 0 Å². The second-order valence-electron chi connectivity index (χ2n) is 4.62. The van der Waals surface area contributed by atoms with Crippen molar-refractivity contribution in [2.24, 2.45) is 0 Å². The lowest BCUT2D eigenvalue weighted by atomic mass is 10.0. The molecule has 0 aliphatic rings. The summed E-state index contributed by atoms with van der Waals surface area (Å²) in [6.45, 7) is 1.83.